The molecule has 2 rings (SSSR count). The van der Waals surface area contributed by atoms with Gasteiger partial charge in [-0.3, -0.25) is 4.79 Å². The van der Waals surface area contributed by atoms with Crippen LogP contribution in [0.4, 0.5) is 10.1 Å². The summed E-state index contributed by atoms with van der Waals surface area (Å²) in [6.45, 7) is 1.31. The van der Waals surface area contributed by atoms with Gasteiger partial charge >= 0.3 is 0 Å². The smallest absolute Gasteiger partial charge is 0.242 e. The highest BCUT2D eigenvalue weighted by atomic mass is 19.1. The van der Waals surface area contributed by atoms with Gasteiger partial charge in [0.1, 0.15) is 11.9 Å². The third-order valence-electron chi connectivity index (χ3n) is 3.78. The summed E-state index contributed by atoms with van der Waals surface area (Å²) >= 11 is 0. The minimum Gasteiger partial charge on any atom is -0.357 e. The second kappa shape index (κ2) is 6.70. The molecule has 1 heterocycles. The van der Waals surface area contributed by atoms with Crippen LogP contribution in [-0.2, 0) is 11.3 Å². The zero-order chi connectivity index (χ0) is 14.5. The number of benzene rings is 1. The Labute approximate surface area is 119 Å². The van der Waals surface area contributed by atoms with Crippen molar-refractivity contribution in [1.82, 2.24) is 10.6 Å². The van der Waals surface area contributed by atoms with Crippen molar-refractivity contribution in [3.8, 4) is 0 Å². The Morgan fingerprint density at radius 1 is 1.40 bits per heavy atom. The van der Waals surface area contributed by atoms with Gasteiger partial charge in [0.05, 0.1) is 5.69 Å². The quantitative estimate of drug-likeness (QED) is 0.881. The maximum Gasteiger partial charge on any atom is 0.242 e. The van der Waals surface area contributed by atoms with Gasteiger partial charge < -0.3 is 15.5 Å². The molecule has 0 aliphatic carbocycles. The van der Waals surface area contributed by atoms with Crippen LogP contribution in [0.2, 0.25) is 0 Å². The Morgan fingerprint density at radius 3 is 2.90 bits per heavy atom. The second-order valence-electron chi connectivity index (χ2n) is 5.10. The number of nitrogens with zero attached hydrogens (tertiary/aromatic N) is 1. The first kappa shape index (κ1) is 14.8. The minimum absolute atomic E-state index is 0.0386. The monoisotopic (exact) mass is 279 g/mol. The molecule has 5 heteroatoms. The summed E-state index contributed by atoms with van der Waals surface area (Å²) in [7, 11) is 3.46. The first-order valence-electron chi connectivity index (χ1n) is 7.09. The summed E-state index contributed by atoms with van der Waals surface area (Å²) < 4.78 is 14.3. The van der Waals surface area contributed by atoms with E-state index in [2.05, 4.69) is 10.6 Å². The van der Waals surface area contributed by atoms with E-state index in [4.69, 9.17) is 0 Å². The van der Waals surface area contributed by atoms with Crippen LogP contribution >= 0.6 is 0 Å². The Hall–Kier alpha value is -1.62. The summed E-state index contributed by atoms with van der Waals surface area (Å²) in [4.78, 5) is 14.0. The Balaban J connectivity index is 2.39. The predicted molar refractivity (Wildman–Crippen MR) is 78.2 cm³/mol. The molecule has 1 fully saturated rings. The topological polar surface area (TPSA) is 44.4 Å². The molecule has 1 aliphatic heterocycles. The number of carbonyl (C=O) groups is 1. The maximum atomic E-state index is 14.3. The van der Waals surface area contributed by atoms with Crippen LogP contribution < -0.4 is 15.5 Å². The number of hydrogen-bond acceptors (Lipinski definition) is 3. The SMILES string of the molecule is CNCc1cccc(F)c1N1CCCCC1C(=O)NC. The summed E-state index contributed by atoms with van der Waals surface area (Å²) in [5.74, 6) is -0.295. The first-order chi connectivity index (χ1) is 9.69. The van der Waals surface area contributed by atoms with Crippen LogP contribution in [0.1, 0.15) is 24.8 Å². The lowest BCUT2D eigenvalue weighted by molar-refractivity contribution is -0.122. The van der Waals surface area contributed by atoms with Crippen molar-refractivity contribution < 1.29 is 9.18 Å². The molecule has 20 heavy (non-hydrogen) atoms. The number of halogens is 1. The summed E-state index contributed by atoms with van der Waals surface area (Å²) in [5, 5.41) is 5.74. The fraction of sp³-hybridized carbons (Fsp3) is 0.533. The molecule has 1 unspecified atom stereocenters. The molecule has 110 valence electrons. The van der Waals surface area contributed by atoms with Gasteiger partial charge in [0.2, 0.25) is 5.91 Å². The van der Waals surface area contributed by atoms with E-state index in [0.717, 1.165) is 31.4 Å². The van der Waals surface area contributed by atoms with Crippen LogP contribution in [0.5, 0.6) is 0 Å². The molecule has 1 aliphatic rings. The van der Waals surface area contributed by atoms with Crippen molar-refractivity contribution in [3.05, 3.63) is 29.6 Å². The lowest BCUT2D eigenvalue weighted by atomic mass is 9.98. The molecule has 0 radical (unpaired) electrons. The number of para-hydroxylation sites is 1. The fourth-order valence-electron chi connectivity index (χ4n) is 2.85. The zero-order valence-corrected chi connectivity index (χ0v) is 12.1. The van der Waals surface area contributed by atoms with Gasteiger partial charge in [-0.15, -0.1) is 0 Å². The van der Waals surface area contributed by atoms with Gasteiger partial charge in [-0.1, -0.05) is 12.1 Å². The third kappa shape index (κ3) is 2.93. The Bertz CT molecular complexity index is 478. The predicted octanol–water partition coefficient (Wildman–Crippen LogP) is 1.65. The molecule has 4 nitrogen and oxygen atoms in total. The second-order valence-corrected chi connectivity index (χ2v) is 5.10. The number of rotatable bonds is 4. The number of nitrogens with one attached hydrogen (secondary N) is 2. The number of carbonyl (C=O) groups excluding carboxylic acids is 1. The highest BCUT2D eigenvalue weighted by Crippen LogP contribution is 2.30. The first-order valence-corrected chi connectivity index (χ1v) is 7.09. The standard InChI is InChI=1S/C15H22FN3O/c1-17-10-11-6-5-7-12(16)14(11)19-9-4-3-8-13(19)15(20)18-2/h5-7,13,17H,3-4,8-10H2,1-2H3,(H,18,20). The largest absolute Gasteiger partial charge is 0.357 e. The average molecular weight is 279 g/mol. The third-order valence-corrected chi connectivity index (χ3v) is 3.78. The van der Waals surface area contributed by atoms with E-state index in [0.29, 0.717) is 12.2 Å². The van der Waals surface area contributed by atoms with Crippen LogP contribution in [0.15, 0.2) is 18.2 Å². The molecule has 1 aromatic carbocycles. The highest BCUT2D eigenvalue weighted by molar-refractivity contribution is 5.85. The van der Waals surface area contributed by atoms with Gasteiger partial charge in [0.25, 0.3) is 0 Å². The van der Waals surface area contributed by atoms with Gasteiger partial charge in [-0.05, 0) is 37.9 Å². The lowest BCUT2D eigenvalue weighted by Gasteiger charge is -2.37. The maximum absolute atomic E-state index is 14.3. The van der Waals surface area contributed by atoms with E-state index >= 15 is 0 Å². The number of anilines is 1. The van der Waals surface area contributed by atoms with E-state index in [9.17, 15) is 9.18 Å². The molecule has 0 saturated carbocycles. The number of hydrogen-bond donors (Lipinski definition) is 2. The van der Waals surface area contributed by atoms with E-state index in [1.54, 1.807) is 13.1 Å². The lowest BCUT2D eigenvalue weighted by Crippen LogP contribution is -2.49. The fourth-order valence-corrected chi connectivity index (χ4v) is 2.85. The van der Waals surface area contributed by atoms with E-state index < -0.39 is 0 Å². The summed E-state index contributed by atoms with van der Waals surface area (Å²) in [6, 6.07) is 4.81. The molecule has 1 atom stereocenters. The van der Waals surface area contributed by atoms with Crippen molar-refractivity contribution in [2.45, 2.75) is 31.8 Å². The normalized spacial score (nSPS) is 18.9. The van der Waals surface area contributed by atoms with E-state index in [1.807, 2.05) is 18.0 Å². The van der Waals surface area contributed by atoms with Crippen LogP contribution in [0.25, 0.3) is 0 Å². The molecule has 0 bridgehead atoms. The van der Waals surface area contributed by atoms with E-state index in [-0.39, 0.29) is 17.8 Å². The number of piperidine rings is 1. The van der Waals surface area contributed by atoms with Crippen LogP contribution in [0, 0.1) is 5.82 Å². The number of amides is 1. The Kier molecular flexibility index (Phi) is 4.95. The van der Waals surface area contributed by atoms with Crippen LogP contribution in [0.3, 0.4) is 0 Å². The number of likely N-dealkylation sites (N-methyl/N-ethyl adjacent to an activating group) is 1. The van der Waals surface area contributed by atoms with Crippen LogP contribution in [-0.4, -0.2) is 32.6 Å². The van der Waals surface area contributed by atoms with E-state index in [1.165, 1.54) is 6.07 Å². The summed E-state index contributed by atoms with van der Waals surface area (Å²) in [6.07, 6.45) is 2.76. The van der Waals surface area contributed by atoms with Gasteiger partial charge in [-0.25, -0.2) is 4.39 Å². The highest BCUT2D eigenvalue weighted by Gasteiger charge is 2.30. The van der Waals surface area contributed by atoms with Crippen molar-refractivity contribution in [2.24, 2.45) is 0 Å². The molecule has 1 saturated heterocycles. The molecular weight excluding hydrogens is 257 g/mol. The van der Waals surface area contributed by atoms with Gasteiger partial charge in [0, 0.05) is 20.1 Å². The average Bonchev–Trinajstić information content (AvgIpc) is 2.47. The Morgan fingerprint density at radius 2 is 2.20 bits per heavy atom. The molecule has 1 aromatic rings. The molecule has 1 amide bonds. The van der Waals surface area contributed by atoms with Crippen molar-refractivity contribution in [2.75, 3.05) is 25.5 Å². The van der Waals surface area contributed by atoms with Crippen molar-refractivity contribution in [3.63, 3.8) is 0 Å². The minimum atomic E-state index is -0.277. The molecule has 0 aromatic heterocycles. The van der Waals surface area contributed by atoms with Crippen molar-refractivity contribution in [1.29, 1.82) is 0 Å². The summed E-state index contributed by atoms with van der Waals surface area (Å²) in [5.41, 5.74) is 1.46. The zero-order valence-electron chi connectivity index (χ0n) is 12.1. The molecule has 0 spiro atoms. The van der Waals surface area contributed by atoms with Crippen molar-refractivity contribution >= 4 is 11.6 Å². The molecule has 2 N–H and O–H groups in total. The van der Waals surface area contributed by atoms with Gasteiger partial charge in [-0.2, -0.15) is 0 Å². The molecular formula is C15H22FN3O. The van der Waals surface area contributed by atoms with Gasteiger partial charge in [0.15, 0.2) is 0 Å².